The molecule has 0 amide bonds. The lowest BCUT2D eigenvalue weighted by Gasteiger charge is -2.12. The highest BCUT2D eigenvalue weighted by atomic mass is 16.5. The lowest BCUT2D eigenvalue weighted by atomic mass is 9.96. The second-order valence-electron chi connectivity index (χ2n) is 9.99. The molecule has 4 heteroatoms. The number of benzene rings is 3. The zero-order chi connectivity index (χ0) is 27.0. The molecule has 0 aromatic heterocycles. The molecule has 0 spiro atoms. The van der Waals surface area contributed by atoms with E-state index < -0.39 is 5.97 Å². The molecular weight excluding hydrogens is 472 g/mol. The Labute approximate surface area is 229 Å². The van der Waals surface area contributed by atoms with E-state index in [2.05, 4.69) is 26.0 Å². The van der Waals surface area contributed by atoms with Gasteiger partial charge in [0.25, 0.3) is 0 Å². The van der Waals surface area contributed by atoms with Crippen LogP contribution in [0.15, 0.2) is 66.7 Å². The van der Waals surface area contributed by atoms with E-state index in [4.69, 9.17) is 9.47 Å². The highest BCUT2D eigenvalue weighted by molar-refractivity contribution is 5.96. The zero-order valence-electron chi connectivity index (χ0n) is 23.2. The molecule has 3 aromatic rings. The van der Waals surface area contributed by atoms with Crippen molar-refractivity contribution in [3.05, 3.63) is 72.3 Å². The van der Waals surface area contributed by atoms with Crippen LogP contribution in [0.5, 0.6) is 11.5 Å². The molecule has 1 N–H and O–H groups in total. The van der Waals surface area contributed by atoms with Crippen LogP contribution < -0.4 is 9.47 Å². The maximum Gasteiger partial charge on any atom is 0.336 e. The molecule has 0 aliphatic heterocycles. The molecule has 0 aliphatic rings. The van der Waals surface area contributed by atoms with Gasteiger partial charge in [-0.15, -0.1) is 0 Å². The van der Waals surface area contributed by atoms with Crippen molar-refractivity contribution in [3.8, 4) is 33.8 Å². The van der Waals surface area contributed by atoms with E-state index in [1.165, 1.54) is 51.4 Å². The molecule has 4 nitrogen and oxygen atoms in total. The van der Waals surface area contributed by atoms with Gasteiger partial charge in [-0.1, -0.05) is 108 Å². The minimum absolute atomic E-state index is 0.279. The van der Waals surface area contributed by atoms with Crippen molar-refractivity contribution in [1.29, 1.82) is 0 Å². The van der Waals surface area contributed by atoms with Crippen LogP contribution >= 0.6 is 0 Å². The van der Waals surface area contributed by atoms with E-state index in [1.54, 1.807) is 12.1 Å². The Bertz CT molecular complexity index is 1090. The van der Waals surface area contributed by atoms with Gasteiger partial charge in [-0.3, -0.25) is 0 Å². The first kappa shape index (κ1) is 29.3. The second kappa shape index (κ2) is 16.5. The number of rotatable bonds is 18. The molecule has 204 valence electrons. The number of aromatic carboxylic acids is 1. The van der Waals surface area contributed by atoms with E-state index in [1.807, 2.05) is 42.5 Å². The highest BCUT2D eigenvalue weighted by Crippen LogP contribution is 2.31. The second-order valence-corrected chi connectivity index (χ2v) is 9.99. The standard InChI is InChI=1S/C34H44O4/c1-3-5-7-9-11-13-25-38-31-22-23-32(34(35)36)33(26-31)29-16-14-27(15-17-29)28-18-20-30(21-19-28)37-24-12-10-8-6-4-2/h14-23,26H,3-13,24-25H2,1-2H3,(H,35,36). The fourth-order valence-corrected chi connectivity index (χ4v) is 4.59. The van der Waals surface area contributed by atoms with Crippen LogP contribution in [0.2, 0.25) is 0 Å². The van der Waals surface area contributed by atoms with E-state index in [9.17, 15) is 9.90 Å². The van der Waals surface area contributed by atoms with Crippen LogP contribution in [0.25, 0.3) is 22.3 Å². The van der Waals surface area contributed by atoms with Crippen molar-refractivity contribution >= 4 is 5.97 Å². The fraction of sp³-hybridized carbons (Fsp3) is 0.441. The zero-order valence-corrected chi connectivity index (χ0v) is 23.2. The summed E-state index contributed by atoms with van der Waals surface area (Å²) in [7, 11) is 0. The summed E-state index contributed by atoms with van der Waals surface area (Å²) in [6.45, 7) is 5.85. The Morgan fingerprint density at radius 3 is 1.58 bits per heavy atom. The Kier molecular flexibility index (Phi) is 12.8. The van der Waals surface area contributed by atoms with Gasteiger partial charge in [0.2, 0.25) is 0 Å². The smallest absolute Gasteiger partial charge is 0.336 e. The number of hydrogen-bond acceptors (Lipinski definition) is 3. The molecule has 0 aliphatic carbocycles. The molecule has 0 atom stereocenters. The summed E-state index contributed by atoms with van der Waals surface area (Å²) < 4.78 is 11.9. The number of hydrogen-bond donors (Lipinski definition) is 1. The first-order chi connectivity index (χ1) is 18.6. The van der Waals surface area contributed by atoms with Crippen molar-refractivity contribution in [2.24, 2.45) is 0 Å². The summed E-state index contributed by atoms with van der Waals surface area (Å²) in [6.07, 6.45) is 13.4. The molecular formula is C34H44O4. The predicted molar refractivity (Wildman–Crippen MR) is 157 cm³/mol. The van der Waals surface area contributed by atoms with Crippen LogP contribution in [0.3, 0.4) is 0 Å². The number of unbranched alkanes of at least 4 members (excludes halogenated alkanes) is 9. The summed E-state index contributed by atoms with van der Waals surface area (Å²) in [5.74, 6) is 0.667. The minimum atomic E-state index is -0.937. The van der Waals surface area contributed by atoms with Crippen molar-refractivity contribution in [3.63, 3.8) is 0 Å². The molecule has 38 heavy (non-hydrogen) atoms. The first-order valence-corrected chi connectivity index (χ1v) is 14.5. The van der Waals surface area contributed by atoms with Crippen LogP contribution in [-0.2, 0) is 0 Å². The fourth-order valence-electron chi connectivity index (χ4n) is 4.59. The molecule has 0 bridgehead atoms. The molecule has 0 unspecified atom stereocenters. The Morgan fingerprint density at radius 2 is 1.03 bits per heavy atom. The summed E-state index contributed by atoms with van der Waals surface area (Å²) in [6, 6.07) is 21.5. The maximum atomic E-state index is 11.9. The largest absolute Gasteiger partial charge is 0.494 e. The molecule has 0 radical (unpaired) electrons. The molecule has 3 rings (SSSR count). The van der Waals surface area contributed by atoms with Crippen molar-refractivity contribution < 1.29 is 19.4 Å². The van der Waals surface area contributed by atoms with Crippen LogP contribution in [-0.4, -0.2) is 24.3 Å². The SMILES string of the molecule is CCCCCCCCOc1ccc(C(=O)O)c(-c2ccc(-c3ccc(OCCCCCCC)cc3)cc2)c1. The maximum absolute atomic E-state index is 11.9. The normalized spacial score (nSPS) is 10.9. The highest BCUT2D eigenvalue weighted by Gasteiger charge is 2.13. The molecule has 0 heterocycles. The topological polar surface area (TPSA) is 55.8 Å². The predicted octanol–water partition coefficient (Wildman–Crippen LogP) is 9.81. The quantitative estimate of drug-likeness (QED) is 0.171. The Morgan fingerprint density at radius 1 is 0.579 bits per heavy atom. The summed E-state index contributed by atoms with van der Waals surface area (Å²) in [5, 5.41) is 9.76. The summed E-state index contributed by atoms with van der Waals surface area (Å²) >= 11 is 0. The monoisotopic (exact) mass is 516 g/mol. The first-order valence-electron chi connectivity index (χ1n) is 14.5. The third-order valence-electron chi connectivity index (χ3n) is 6.89. The number of carboxylic acids is 1. The Balaban J connectivity index is 1.60. The molecule has 0 fully saturated rings. The van der Waals surface area contributed by atoms with Gasteiger partial charge in [-0.25, -0.2) is 4.79 Å². The van der Waals surface area contributed by atoms with Crippen molar-refractivity contribution in [2.75, 3.05) is 13.2 Å². The molecule has 0 saturated heterocycles. The number of carboxylic acid groups (broad SMARTS) is 1. The van der Waals surface area contributed by atoms with E-state index in [0.29, 0.717) is 17.9 Å². The molecule has 0 saturated carbocycles. The lowest BCUT2D eigenvalue weighted by Crippen LogP contribution is -2.02. The van der Waals surface area contributed by atoms with Crippen LogP contribution in [0, 0.1) is 0 Å². The van der Waals surface area contributed by atoms with E-state index in [-0.39, 0.29) is 5.56 Å². The lowest BCUT2D eigenvalue weighted by molar-refractivity contribution is 0.0697. The minimum Gasteiger partial charge on any atom is -0.494 e. The van der Waals surface area contributed by atoms with Gasteiger partial charge in [0.05, 0.1) is 18.8 Å². The summed E-state index contributed by atoms with van der Waals surface area (Å²) in [5.41, 5.74) is 3.99. The average Bonchev–Trinajstić information content (AvgIpc) is 2.94. The van der Waals surface area contributed by atoms with Gasteiger partial charge in [0.15, 0.2) is 0 Å². The third-order valence-corrected chi connectivity index (χ3v) is 6.89. The number of ether oxygens (including phenoxy) is 2. The van der Waals surface area contributed by atoms with Crippen molar-refractivity contribution in [2.45, 2.75) is 84.5 Å². The average molecular weight is 517 g/mol. The van der Waals surface area contributed by atoms with Crippen LogP contribution in [0.1, 0.15) is 94.8 Å². The third kappa shape index (κ3) is 9.55. The molecule has 3 aromatic carbocycles. The summed E-state index contributed by atoms with van der Waals surface area (Å²) in [4.78, 5) is 11.9. The Hall–Kier alpha value is -3.27. The van der Waals surface area contributed by atoms with Gasteiger partial charge >= 0.3 is 5.97 Å². The van der Waals surface area contributed by atoms with Gasteiger partial charge in [0.1, 0.15) is 11.5 Å². The number of carbonyl (C=O) groups is 1. The van der Waals surface area contributed by atoms with Gasteiger partial charge in [0, 0.05) is 0 Å². The van der Waals surface area contributed by atoms with Gasteiger partial charge < -0.3 is 14.6 Å². The van der Waals surface area contributed by atoms with E-state index in [0.717, 1.165) is 48.3 Å². The van der Waals surface area contributed by atoms with Crippen molar-refractivity contribution in [1.82, 2.24) is 0 Å². The van der Waals surface area contributed by atoms with Crippen LogP contribution in [0.4, 0.5) is 0 Å². The van der Waals surface area contributed by atoms with Gasteiger partial charge in [-0.2, -0.15) is 0 Å². The van der Waals surface area contributed by atoms with E-state index >= 15 is 0 Å². The van der Waals surface area contributed by atoms with Gasteiger partial charge in [-0.05, 0) is 65.4 Å².